The first-order valence-electron chi connectivity index (χ1n) is 8.84. The summed E-state index contributed by atoms with van der Waals surface area (Å²) in [6, 6.07) is 23.6. The SMILES string of the molecule is CS(=O)(=O)c1ccc(-c2ccc(NC(=O)c3ccc4ccccc4c3)cc2)nn1. The summed E-state index contributed by atoms with van der Waals surface area (Å²) in [5.41, 5.74) is 2.54. The van der Waals surface area contributed by atoms with Gasteiger partial charge in [-0.15, -0.1) is 10.2 Å². The van der Waals surface area contributed by atoms with Crippen molar-refractivity contribution in [2.75, 3.05) is 11.6 Å². The van der Waals surface area contributed by atoms with E-state index in [-0.39, 0.29) is 10.9 Å². The standard InChI is InChI=1S/C22H17N3O3S/c1-29(27,28)21-13-12-20(24-25-21)16-8-10-19(11-9-16)23-22(26)18-7-6-15-4-2-3-5-17(15)14-18/h2-14H,1H3,(H,23,26). The predicted octanol–water partition coefficient (Wildman–Crippen LogP) is 3.95. The van der Waals surface area contributed by atoms with Crippen LogP contribution in [0.15, 0.2) is 83.9 Å². The van der Waals surface area contributed by atoms with Gasteiger partial charge in [-0.3, -0.25) is 4.79 Å². The van der Waals surface area contributed by atoms with Gasteiger partial charge < -0.3 is 5.32 Å². The Bertz CT molecular complexity index is 1300. The van der Waals surface area contributed by atoms with Crippen LogP contribution < -0.4 is 5.32 Å². The average Bonchev–Trinajstić information content (AvgIpc) is 2.73. The molecule has 0 atom stereocenters. The summed E-state index contributed by atoms with van der Waals surface area (Å²) in [7, 11) is -3.38. The molecule has 0 saturated heterocycles. The van der Waals surface area contributed by atoms with Crippen molar-refractivity contribution in [3.8, 4) is 11.3 Å². The van der Waals surface area contributed by atoms with Gasteiger partial charge in [-0.05, 0) is 47.2 Å². The number of anilines is 1. The third-order valence-electron chi connectivity index (χ3n) is 4.47. The van der Waals surface area contributed by atoms with E-state index in [2.05, 4.69) is 15.5 Å². The lowest BCUT2D eigenvalue weighted by molar-refractivity contribution is 0.102. The third kappa shape index (κ3) is 4.14. The van der Waals surface area contributed by atoms with Gasteiger partial charge in [-0.1, -0.05) is 42.5 Å². The maximum absolute atomic E-state index is 12.6. The van der Waals surface area contributed by atoms with Crippen LogP contribution in [-0.2, 0) is 9.84 Å². The summed E-state index contributed by atoms with van der Waals surface area (Å²) in [4.78, 5) is 12.6. The molecule has 1 N–H and O–H groups in total. The fraction of sp³-hybridized carbons (Fsp3) is 0.0455. The number of aromatic nitrogens is 2. The highest BCUT2D eigenvalue weighted by molar-refractivity contribution is 7.90. The molecule has 7 heteroatoms. The quantitative estimate of drug-likeness (QED) is 0.557. The van der Waals surface area contributed by atoms with Crippen LogP contribution in [0.1, 0.15) is 10.4 Å². The number of fused-ring (bicyclic) bond motifs is 1. The molecule has 144 valence electrons. The number of nitrogens with one attached hydrogen (secondary N) is 1. The van der Waals surface area contributed by atoms with Gasteiger partial charge in [0.1, 0.15) is 0 Å². The molecular weight excluding hydrogens is 386 g/mol. The Kier molecular flexibility index (Phi) is 4.82. The minimum Gasteiger partial charge on any atom is -0.322 e. The van der Waals surface area contributed by atoms with E-state index in [4.69, 9.17) is 0 Å². The number of rotatable bonds is 4. The number of hydrogen-bond acceptors (Lipinski definition) is 5. The van der Waals surface area contributed by atoms with E-state index in [1.54, 1.807) is 36.4 Å². The fourth-order valence-corrected chi connectivity index (χ4v) is 3.43. The van der Waals surface area contributed by atoms with E-state index < -0.39 is 9.84 Å². The summed E-state index contributed by atoms with van der Waals surface area (Å²) in [6.07, 6.45) is 1.09. The van der Waals surface area contributed by atoms with Crippen molar-refractivity contribution in [3.63, 3.8) is 0 Å². The first-order valence-corrected chi connectivity index (χ1v) is 10.7. The number of nitrogens with zero attached hydrogens (tertiary/aromatic N) is 2. The lowest BCUT2D eigenvalue weighted by atomic mass is 10.1. The van der Waals surface area contributed by atoms with Crippen LogP contribution in [-0.4, -0.2) is 30.8 Å². The Hall–Kier alpha value is -3.58. The highest BCUT2D eigenvalue weighted by Crippen LogP contribution is 2.21. The number of carbonyl (C=O) groups excluding carboxylic acids is 1. The number of carbonyl (C=O) groups is 1. The zero-order valence-electron chi connectivity index (χ0n) is 15.5. The van der Waals surface area contributed by atoms with E-state index in [1.165, 1.54) is 6.07 Å². The summed E-state index contributed by atoms with van der Waals surface area (Å²) >= 11 is 0. The topological polar surface area (TPSA) is 89.0 Å². The molecule has 0 aliphatic rings. The first kappa shape index (κ1) is 18.8. The zero-order chi connectivity index (χ0) is 20.4. The summed E-state index contributed by atoms with van der Waals surface area (Å²) < 4.78 is 22.9. The highest BCUT2D eigenvalue weighted by atomic mass is 32.2. The molecule has 1 amide bonds. The van der Waals surface area contributed by atoms with E-state index in [0.29, 0.717) is 16.9 Å². The molecule has 1 aromatic heterocycles. The molecule has 0 spiro atoms. The van der Waals surface area contributed by atoms with E-state index in [9.17, 15) is 13.2 Å². The summed E-state index contributed by atoms with van der Waals surface area (Å²) in [5, 5.41) is 12.6. The molecule has 4 aromatic rings. The maximum atomic E-state index is 12.6. The van der Waals surface area contributed by atoms with E-state index in [0.717, 1.165) is 22.6 Å². The zero-order valence-corrected chi connectivity index (χ0v) is 16.3. The third-order valence-corrected chi connectivity index (χ3v) is 5.45. The highest BCUT2D eigenvalue weighted by Gasteiger charge is 2.11. The minimum atomic E-state index is -3.38. The van der Waals surface area contributed by atoms with Crippen molar-refractivity contribution in [3.05, 3.63) is 84.4 Å². The van der Waals surface area contributed by atoms with Crippen molar-refractivity contribution in [2.45, 2.75) is 5.03 Å². The first-order chi connectivity index (χ1) is 13.9. The number of amides is 1. The van der Waals surface area contributed by atoms with E-state index in [1.807, 2.05) is 36.4 Å². The number of sulfone groups is 1. The second-order valence-electron chi connectivity index (χ2n) is 6.62. The molecule has 29 heavy (non-hydrogen) atoms. The molecule has 0 unspecified atom stereocenters. The molecule has 0 aliphatic heterocycles. The Morgan fingerprint density at radius 3 is 2.21 bits per heavy atom. The monoisotopic (exact) mass is 403 g/mol. The molecule has 0 radical (unpaired) electrons. The van der Waals surface area contributed by atoms with Crippen LogP contribution in [0.3, 0.4) is 0 Å². The Balaban J connectivity index is 1.50. The van der Waals surface area contributed by atoms with Crippen LogP contribution in [0.2, 0.25) is 0 Å². The lowest BCUT2D eigenvalue weighted by Crippen LogP contribution is -2.11. The van der Waals surface area contributed by atoms with Gasteiger partial charge in [0.05, 0.1) is 5.69 Å². The molecule has 6 nitrogen and oxygen atoms in total. The molecule has 0 aliphatic carbocycles. The molecule has 0 fully saturated rings. The maximum Gasteiger partial charge on any atom is 0.255 e. The normalized spacial score (nSPS) is 11.3. The van der Waals surface area contributed by atoms with Gasteiger partial charge in [-0.2, -0.15) is 0 Å². The molecule has 0 bridgehead atoms. The molecule has 1 heterocycles. The van der Waals surface area contributed by atoms with Crippen LogP contribution >= 0.6 is 0 Å². The van der Waals surface area contributed by atoms with Gasteiger partial charge in [0.15, 0.2) is 14.9 Å². The Morgan fingerprint density at radius 2 is 1.55 bits per heavy atom. The molecule has 3 aromatic carbocycles. The smallest absolute Gasteiger partial charge is 0.255 e. The van der Waals surface area contributed by atoms with Gasteiger partial charge in [-0.25, -0.2) is 8.42 Å². The van der Waals surface area contributed by atoms with Crippen molar-refractivity contribution in [1.29, 1.82) is 0 Å². The van der Waals surface area contributed by atoms with Crippen molar-refractivity contribution >= 4 is 32.2 Å². The predicted molar refractivity (Wildman–Crippen MR) is 112 cm³/mol. The van der Waals surface area contributed by atoms with Crippen LogP contribution in [0.25, 0.3) is 22.0 Å². The average molecular weight is 403 g/mol. The Morgan fingerprint density at radius 1 is 0.828 bits per heavy atom. The second-order valence-corrected chi connectivity index (χ2v) is 8.58. The fourth-order valence-electron chi connectivity index (χ4n) is 2.93. The molecular formula is C22H17N3O3S. The van der Waals surface area contributed by atoms with Crippen LogP contribution in [0.5, 0.6) is 0 Å². The van der Waals surface area contributed by atoms with E-state index >= 15 is 0 Å². The molecule has 0 saturated carbocycles. The van der Waals surface area contributed by atoms with Gasteiger partial charge in [0, 0.05) is 23.1 Å². The van der Waals surface area contributed by atoms with Crippen molar-refractivity contribution in [2.24, 2.45) is 0 Å². The Labute approximate surface area is 168 Å². The van der Waals surface area contributed by atoms with Crippen LogP contribution in [0, 0.1) is 0 Å². The van der Waals surface area contributed by atoms with Crippen molar-refractivity contribution < 1.29 is 13.2 Å². The molecule has 4 rings (SSSR count). The van der Waals surface area contributed by atoms with Gasteiger partial charge in [0.25, 0.3) is 5.91 Å². The summed E-state index contributed by atoms with van der Waals surface area (Å²) in [5.74, 6) is -0.194. The minimum absolute atomic E-state index is 0.0690. The number of hydrogen-bond donors (Lipinski definition) is 1. The van der Waals surface area contributed by atoms with Crippen molar-refractivity contribution in [1.82, 2.24) is 10.2 Å². The lowest BCUT2D eigenvalue weighted by Gasteiger charge is -2.08. The van der Waals surface area contributed by atoms with Gasteiger partial charge in [0.2, 0.25) is 0 Å². The second kappa shape index (κ2) is 7.44. The summed E-state index contributed by atoms with van der Waals surface area (Å²) in [6.45, 7) is 0. The van der Waals surface area contributed by atoms with Gasteiger partial charge >= 0.3 is 0 Å². The number of benzene rings is 3. The largest absolute Gasteiger partial charge is 0.322 e. The van der Waals surface area contributed by atoms with Crippen LogP contribution in [0.4, 0.5) is 5.69 Å².